The second kappa shape index (κ2) is 10.7. The van der Waals surface area contributed by atoms with Crippen LogP contribution in [0, 0.1) is 23.7 Å². The summed E-state index contributed by atoms with van der Waals surface area (Å²) in [5.41, 5.74) is 4.72. The molecule has 148 valence electrons. The van der Waals surface area contributed by atoms with Gasteiger partial charge >= 0.3 is 0 Å². The molecule has 0 spiro atoms. The van der Waals surface area contributed by atoms with Crippen LogP contribution in [-0.4, -0.2) is 0 Å². The van der Waals surface area contributed by atoms with Gasteiger partial charge in [0.1, 0.15) is 0 Å². The number of halogens is 1. The molecule has 0 nitrogen and oxygen atoms in total. The molecule has 0 N–H and O–H groups in total. The molecule has 2 aromatic rings. The molecule has 0 heterocycles. The smallest absolute Gasteiger partial charge is 0.0496 e. The standard InChI is InChI=1S/C27H33Cl/c1-3-5-6-7-22-14-17-25(18-15-22)26-19-16-24(20-27(26)28)13-12-23-10-8-21(4-2)9-11-23/h14-21,23H,3-11H2,1-2H3. The van der Waals surface area contributed by atoms with Gasteiger partial charge in [0.05, 0.1) is 0 Å². The minimum Gasteiger partial charge on any atom is -0.0945 e. The Balaban J connectivity index is 1.64. The lowest BCUT2D eigenvalue weighted by Gasteiger charge is -2.24. The average Bonchev–Trinajstić information content (AvgIpc) is 2.73. The van der Waals surface area contributed by atoms with Crippen LogP contribution in [0.1, 0.15) is 76.3 Å². The molecular weight excluding hydrogens is 360 g/mol. The Morgan fingerprint density at radius 1 is 0.929 bits per heavy atom. The van der Waals surface area contributed by atoms with Crippen molar-refractivity contribution in [3.63, 3.8) is 0 Å². The van der Waals surface area contributed by atoms with Gasteiger partial charge in [0.15, 0.2) is 0 Å². The van der Waals surface area contributed by atoms with Crippen LogP contribution < -0.4 is 0 Å². The van der Waals surface area contributed by atoms with E-state index in [1.807, 2.05) is 6.07 Å². The maximum atomic E-state index is 6.60. The van der Waals surface area contributed by atoms with E-state index >= 15 is 0 Å². The van der Waals surface area contributed by atoms with Crippen LogP contribution in [-0.2, 0) is 6.42 Å². The lowest BCUT2D eigenvalue weighted by molar-refractivity contribution is 0.309. The molecule has 0 atom stereocenters. The summed E-state index contributed by atoms with van der Waals surface area (Å²) in [4.78, 5) is 0. The highest BCUT2D eigenvalue weighted by Gasteiger charge is 2.18. The first kappa shape index (κ1) is 21.0. The molecule has 0 aliphatic heterocycles. The van der Waals surface area contributed by atoms with Crippen molar-refractivity contribution >= 4 is 11.6 Å². The molecule has 0 radical (unpaired) electrons. The molecule has 2 aromatic carbocycles. The molecule has 0 aromatic heterocycles. The van der Waals surface area contributed by atoms with E-state index in [4.69, 9.17) is 11.6 Å². The lowest BCUT2D eigenvalue weighted by atomic mass is 9.81. The van der Waals surface area contributed by atoms with Crippen molar-refractivity contribution in [1.29, 1.82) is 0 Å². The zero-order chi connectivity index (χ0) is 19.8. The fourth-order valence-corrected chi connectivity index (χ4v) is 4.45. The fourth-order valence-electron chi connectivity index (χ4n) is 4.16. The second-order valence-electron chi connectivity index (χ2n) is 8.24. The number of aryl methyl sites for hydroxylation is 1. The van der Waals surface area contributed by atoms with E-state index in [1.165, 1.54) is 62.5 Å². The Hall–Kier alpha value is -1.71. The summed E-state index contributed by atoms with van der Waals surface area (Å²) >= 11 is 6.60. The highest BCUT2D eigenvalue weighted by molar-refractivity contribution is 6.33. The van der Waals surface area contributed by atoms with Crippen LogP contribution in [0.3, 0.4) is 0 Å². The van der Waals surface area contributed by atoms with Crippen LogP contribution >= 0.6 is 11.6 Å². The third-order valence-electron chi connectivity index (χ3n) is 6.15. The van der Waals surface area contributed by atoms with Crippen molar-refractivity contribution in [3.8, 4) is 23.0 Å². The van der Waals surface area contributed by atoms with Gasteiger partial charge in [-0.05, 0) is 67.7 Å². The normalized spacial score (nSPS) is 19.1. The van der Waals surface area contributed by atoms with E-state index < -0.39 is 0 Å². The van der Waals surface area contributed by atoms with Crippen molar-refractivity contribution in [2.24, 2.45) is 11.8 Å². The Morgan fingerprint density at radius 2 is 1.68 bits per heavy atom. The molecule has 0 saturated heterocycles. The molecule has 0 unspecified atom stereocenters. The number of rotatable bonds is 6. The predicted molar refractivity (Wildman–Crippen MR) is 123 cm³/mol. The van der Waals surface area contributed by atoms with E-state index in [-0.39, 0.29) is 0 Å². The molecule has 1 aliphatic carbocycles. The van der Waals surface area contributed by atoms with Gasteiger partial charge in [-0.3, -0.25) is 0 Å². The Labute approximate surface area is 176 Å². The van der Waals surface area contributed by atoms with Crippen LogP contribution in [0.5, 0.6) is 0 Å². The van der Waals surface area contributed by atoms with Crippen LogP contribution in [0.15, 0.2) is 42.5 Å². The van der Waals surface area contributed by atoms with E-state index in [2.05, 4.69) is 62.1 Å². The van der Waals surface area contributed by atoms with E-state index in [1.54, 1.807) is 0 Å². The quantitative estimate of drug-likeness (QED) is 0.342. The number of hydrogen-bond donors (Lipinski definition) is 0. The maximum absolute atomic E-state index is 6.60. The summed E-state index contributed by atoms with van der Waals surface area (Å²) in [5.74, 6) is 8.34. The first-order valence-corrected chi connectivity index (χ1v) is 11.5. The molecule has 1 saturated carbocycles. The Morgan fingerprint density at radius 3 is 2.32 bits per heavy atom. The van der Waals surface area contributed by atoms with Crippen molar-refractivity contribution in [3.05, 3.63) is 58.6 Å². The van der Waals surface area contributed by atoms with E-state index in [0.29, 0.717) is 5.92 Å². The minimum absolute atomic E-state index is 0.557. The van der Waals surface area contributed by atoms with Gasteiger partial charge in [-0.15, -0.1) is 0 Å². The molecule has 28 heavy (non-hydrogen) atoms. The number of unbranched alkanes of at least 4 members (excludes halogenated alkanes) is 2. The highest BCUT2D eigenvalue weighted by Crippen LogP contribution is 2.31. The summed E-state index contributed by atoms with van der Waals surface area (Å²) in [5, 5.41) is 0.792. The van der Waals surface area contributed by atoms with Crippen molar-refractivity contribution in [2.45, 2.75) is 71.6 Å². The van der Waals surface area contributed by atoms with Crippen molar-refractivity contribution in [1.82, 2.24) is 0 Å². The van der Waals surface area contributed by atoms with Gasteiger partial charge in [0.2, 0.25) is 0 Å². The van der Waals surface area contributed by atoms with Crippen molar-refractivity contribution in [2.75, 3.05) is 0 Å². The van der Waals surface area contributed by atoms with Gasteiger partial charge < -0.3 is 0 Å². The third-order valence-corrected chi connectivity index (χ3v) is 6.46. The van der Waals surface area contributed by atoms with Crippen molar-refractivity contribution < 1.29 is 0 Å². The summed E-state index contributed by atoms with van der Waals surface area (Å²) in [6.45, 7) is 4.55. The SMILES string of the molecule is CCCCCc1ccc(-c2ccc(C#CC3CCC(CC)CC3)cc2Cl)cc1. The monoisotopic (exact) mass is 392 g/mol. The molecule has 1 fully saturated rings. The van der Waals surface area contributed by atoms with Crippen LogP contribution in [0.4, 0.5) is 0 Å². The molecule has 1 heteroatoms. The van der Waals surface area contributed by atoms with E-state index in [9.17, 15) is 0 Å². The van der Waals surface area contributed by atoms with Crippen LogP contribution in [0.2, 0.25) is 5.02 Å². The Kier molecular flexibility index (Phi) is 8.05. The number of hydrogen-bond acceptors (Lipinski definition) is 0. The summed E-state index contributed by atoms with van der Waals surface area (Å²) in [6.07, 6.45) is 11.5. The van der Waals surface area contributed by atoms with Gasteiger partial charge in [0, 0.05) is 22.1 Å². The van der Waals surface area contributed by atoms with Gasteiger partial charge in [-0.2, -0.15) is 0 Å². The largest absolute Gasteiger partial charge is 0.0945 e. The van der Waals surface area contributed by atoms with Gasteiger partial charge in [-0.1, -0.05) is 86.9 Å². The lowest BCUT2D eigenvalue weighted by Crippen LogP contribution is -2.12. The first-order valence-electron chi connectivity index (χ1n) is 11.1. The second-order valence-corrected chi connectivity index (χ2v) is 8.65. The summed E-state index contributed by atoms with van der Waals surface area (Å²) in [6, 6.07) is 15.1. The highest BCUT2D eigenvalue weighted by atomic mass is 35.5. The molecule has 1 aliphatic rings. The molecular formula is C27H33Cl. The molecule has 0 amide bonds. The zero-order valence-electron chi connectivity index (χ0n) is 17.4. The first-order chi connectivity index (χ1) is 13.7. The molecule has 3 rings (SSSR count). The van der Waals surface area contributed by atoms with Crippen LogP contribution in [0.25, 0.3) is 11.1 Å². The fraction of sp³-hybridized carbons (Fsp3) is 0.481. The third kappa shape index (κ3) is 5.89. The van der Waals surface area contributed by atoms with Gasteiger partial charge in [-0.25, -0.2) is 0 Å². The zero-order valence-corrected chi connectivity index (χ0v) is 18.2. The topological polar surface area (TPSA) is 0 Å². The minimum atomic E-state index is 0.557. The van der Waals surface area contributed by atoms with E-state index in [0.717, 1.165) is 28.5 Å². The summed E-state index contributed by atoms with van der Waals surface area (Å²) in [7, 11) is 0. The summed E-state index contributed by atoms with van der Waals surface area (Å²) < 4.78 is 0. The predicted octanol–water partition coefficient (Wildman–Crippen LogP) is 8.31. The average molecular weight is 393 g/mol. The molecule has 0 bridgehead atoms. The maximum Gasteiger partial charge on any atom is 0.0496 e. The Bertz CT molecular complexity index is 798. The van der Waals surface area contributed by atoms with Gasteiger partial charge in [0.25, 0.3) is 0 Å². The number of benzene rings is 2.